The summed E-state index contributed by atoms with van der Waals surface area (Å²) in [5.74, 6) is 6.26. The lowest BCUT2D eigenvalue weighted by atomic mass is 9.32. The summed E-state index contributed by atoms with van der Waals surface area (Å²) in [6, 6.07) is 0. The summed E-state index contributed by atoms with van der Waals surface area (Å²) in [4.78, 5) is 12.0. The average molecular weight is 601 g/mol. The fraction of sp³-hybridized carbons (Fsp3) is 0.919. The molecule has 0 radical (unpaired) electrons. The van der Waals surface area contributed by atoms with E-state index in [-0.39, 0.29) is 17.5 Å². The Balaban J connectivity index is 1.36. The van der Waals surface area contributed by atoms with Gasteiger partial charge in [-0.1, -0.05) is 66.5 Å². The maximum atomic E-state index is 12.0. The molecule has 5 fully saturated rings. The molecule has 1 heterocycles. The van der Waals surface area contributed by atoms with Crippen molar-refractivity contribution in [2.24, 2.45) is 56.7 Å². The fourth-order valence-electron chi connectivity index (χ4n) is 12.9. The van der Waals surface area contributed by atoms with E-state index >= 15 is 0 Å². The third-order valence-electron chi connectivity index (χ3n) is 15.1. The predicted octanol–water partition coefficient (Wildman–Crippen LogP) is 10.6. The summed E-state index contributed by atoms with van der Waals surface area (Å²) in [5, 5.41) is 0. The molecule has 1 saturated heterocycles. The molecule has 0 N–H and O–H groups in total. The normalized spacial score (nSPS) is 46.8. The Bertz CT molecular complexity index is 1070. The van der Waals surface area contributed by atoms with Crippen LogP contribution in [0.5, 0.6) is 0 Å². The molecule has 0 aromatic heterocycles. The topological polar surface area (TPSA) is 26.3 Å². The van der Waals surface area contributed by atoms with E-state index in [1.807, 2.05) is 11.1 Å². The predicted molar refractivity (Wildman–Crippen MR) is 177 cm³/mol. The number of esters is 1. The Hall–Kier alpha value is -0.0900. The summed E-state index contributed by atoms with van der Waals surface area (Å²) in [6.07, 6.45) is 14.8. The first kappa shape index (κ1) is 30.9. The van der Waals surface area contributed by atoms with Gasteiger partial charge in [-0.05, 0) is 133 Å². The van der Waals surface area contributed by atoms with Gasteiger partial charge in [-0.15, -0.1) is 23.5 Å². The largest absolute Gasteiger partial charge is 0.462 e. The van der Waals surface area contributed by atoms with Gasteiger partial charge in [0.25, 0.3) is 0 Å². The lowest BCUT2D eigenvalue weighted by molar-refractivity contribution is -0.233. The van der Waals surface area contributed by atoms with Crippen LogP contribution in [0.25, 0.3) is 0 Å². The van der Waals surface area contributed by atoms with E-state index in [1.54, 1.807) is 6.92 Å². The van der Waals surface area contributed by atoms with E-state index in [9.17, 15) is 4.79 Å². The molecule has 1 aliphatic heterocycles. The van der Waals surface area contributed by atoms with Crippen molar-refractivity contribution >= 4 is 29.5 Å². The van der Waals surface area contributed by atoms with Crippen LogP contribution in [0.2, 0.25) is 0 Å². The van der Waals surface area contributed by atoms with Crippen LogP contribution < -0.4 is 0 Å². The van der Waals surface area contributed by atoms with Gasteiger partial charge in [-0.2, -0.15) is 0 Å². The third-order valence-corrected chi connectivity index (χ3v) is 18.4. The van der Waals surface area contributed by atoms with Crippen LogP contribution in [0, 0.1) is 56.7 Å². The van der Waals surface area contributed by atoms with Crippen molar-refractivity contribution in [1.82, 2.24) is 0 Å². The van der Waals surface area contributed by atoms with Crippen LogP contribution in [-0.4, -0.2) is 28.2 Å². The van der Waals surface area contributed by atoms with Gasteiger partial charge in [0.1, 0.15) is 6.10 Å². The second kappa shape index (κ2) is 10.5. The quantitative estimate of drug-likeness (QED) is 0.237. The number of fused-ring (bicyclic) bond motifs is 7. The van der Waals surface area contributed by atoms with Gasteiger partial charge in [-0.3, -0.25) is 4.79 Å². The van der Waals surface area contributed by atoms with E-state index in [1.165, 1.54) is 75.7 Å². The molecule has 4 heteroatoms. The highest BCUT2D eigenvalue weighted by Crippen LogP contribution is 2.78. The van der Waals surface area contributed by atoms with Crippen molar-refractivity contribution in [3.8, 4) is 0 Å². The first-order chi connectivity index (χ1) is 19.2. The molecule has 0 spiro atoms. The summed E-state index contributed by atoms with van der Waals surface area (Å²) < 4.78 is 6.77. The van der Waals surface area contributed by atoms with Crippen LogP contribution in [0.3, 0.4) is 0 Å². The number of rotatable bonds is 4. The second-order valence-corrected chi connectivity index (χ2v) is 19.9. The van der Waals surface area contributed by atoms with E-state index in [0.29, 0.717) is 33.5 Å². The van der Waals surface area contributed by atoms with Crippen molar-refractivity contribution in [1.29, 1.82) is 0 Å². The van der Waals surface area contributed by atoms with E-state index in [4.69, 9.17) is 4.74 Å². The van der Waals surface area contributed by atoms with Gasteiger partial charge in [0.05, 0.1) is 4.58 Å². The highest BCUT2D eigenvalue weighted by atomic mass is 32.2. The van der Waals surface area contributed by atoms with Crippen molar-refractivity contribution in [2.75, 3.05) is 11.5 Å². The zero-order valence-electron chi connectivity index (χ0n) is 27.9. The minimum Gasteiger partial charge on any atom is -0.462 e. The molecule has 5 aliphatic carbocycles. The maximum Gasteiger partial charge on any atom is 0.302 e. The molecule has 0 bridgehead atoms. The molecule has 6 aliphatic rings. The van der Waals surface area contributed by atoms with Gasteiger partial charge >= 0.3 is 5.97 Å². The molecule has 0 amide bonds. The summed E-state index contributed by atoms with van der Waals surface area (Å²) in [6.45, 7) is 22.4. The first-order valence-electron chi connectivity index (χ1n) is 17.4. The molecule has 0 aromatic rings. The zero-order valence-corrected chi connectivity index (χ0v) is 29.5. The van der Waals surface area contributed by atoms with Crippen LogP contribution in [0.15, 0.2) is 11.1 Å². The summed E-state index contributed by atoms with van der Waals surface area (Å²) in [7, 11) is 0. The second-order valence-electron chi connectivity index (χ2n) is 17.1. The average Bonchev–Trinajstić information content (AvgIpc) is 3.32. The highest BCUT2D eigenvalue weighted by Gasteiger charge is 2.70. The van der Waals surface area contributed by atoms with Crippen LogP contribution >= 0.6 is 23.5 Å². The Kier molecular flexibility index (Phi) is 7.91. The molecule has 6 rings (SSSR count). The smallest absolute Gasteiger partial charge is 0.302 e. The van der Waals surface area contributed by atoms with E-state index < -0.39 is 0 Å². The van der Waals surface area contributed by atoms with Gasteiger partial charge in [-0.25, -0.2) is 0 Å². The van der Waals surface area contributed by atoms with Gasteiger partial charge in [0.15, 0.2) is 0 Å². The first-order valence-corrected chi connectivity index (χ1v) is 19.5. The number of hydrogen-bond donors (Lipinski definition) is 0. The lowest BCUT2D eigenvalue weighted by Gasteiger charge is -2.72. The standard InChI is InChI=1S/C37H60O2S2/c1-23(2)26-13-18-37(24(3)32-40-21-10-22-41-32)20-19-35(8)27(31(26)37)11-12-29-34(7)16-15-30(39-25(4)38)33(5,6)28(34)14-17-36(29,35)9/h23-24,27-30,32H,10-22H2,1-9H3/t24-,27+,28-,29?,30?,34?,35+,36?,37?/m0/s1. The molecule has 232 valence electrons. The number of allylic oxidation sites excluding steroid dienone is 2. The van der Waals surface area contributed by atoms with E-state index in [0.717, 1.165) is 28.8 Å². The van der Waals surface area contributed by atoms with Gasteiger partial charge in [0.2, 0.25) is 0 Å². The van der Waals surface area contributed by atoms with Crippen molar-refractivity contribution < 1.29 is 9.53 Å². The Morgan fingerprint density at radius 1 is 0.829 bits per heavy atom. The Morgan fingerprint density at radius 3 is 2.20 bits per heavy atom. The van der Waals surface area contributed by atoms with Gasteiger partial charge < -0.3 is 4.74 Å². The van der Waals surface area contributed by atoms with Crippen LogP contribution in [-0.2, 0) is 9.53 Å². The number of carbonyl (C=O) groups excluding carboxylic acids is 1. The molecule has 0 aromatic carbocycles. The number of carbonyl (C=O) groups is 1. The van der Waals surface area contributed by atoms with Crippen LogP contribution in [0.4, 0.5) is 0 Å². The third kappa shape index (κ3) is 4.34. The minimum atomic E-state index is -0.101. The number of ether oxygens (including phenoxy) is 1. The number of hydrogen-bond acceptors (Lipinski definition) is 4. The molecule has 5 unspecified atom stereocenters. The maximum absolute atomic E-state index is 12.0. The molecular weight excluding hydrogens is 541 g/mol. The lowest BCUT2D eigenvalue weighted by Crippen LogP contribution is -2.66. The number of thioether (sulfide) groups is 2. The monoisotopic (exact) mass is 600 g/mol. The summed E-state index contributed by atoms with van der Waals surface area (Å²) >= 11 is 4.58. The minimum absolute atomic E-state index is 0.0447. The van der Waals surface area contributed by atoms with Crippen molar-refractivity contribution in [3.05, 3.63) is 11.1 Å². The summed E-state index contributed by atoms with van der Waals surface area (Å²) in [5.41, 5.74) is 5.48. The fourth-order valence-corrected chi connectivity index (χ4v) is 16.2. The SMILES string of the molecule is CC(=O)OC1CCC2(C)C3CC[C@@H]4C5=C(C(C)C)CCC5([C@@H](C)C5SCCCS5)CC[C@@]4(C)C3(C)CC[C@H]2C1(C)C. The Morgan fingerprint density at radius 2 is 1.54 bits per heavy atom. The Labute approximate surface area is 261 Å². The molecule has 2 nitrogen and oxygen atoms in total. The van der Waals surface area contributed by atoms with Gasteiger partial charge in [0, 0.05) is 12.3 Å². The van der Waals surface area contributed by atoms with Crippen molar-refractivity contribution in [2.45, 2.75) is 144 Å². The molecule has 41 heavy (non-hydrogen) atoms. The van der Waals surface area contributed by atoms with Crippen molar-refractivity contribution in [3.63, 3.8) is 0 Å². The molecule has 9 atom stereocenters. The highest BCUT2D eigenvalue weighted by molar-refractivity contribution is 8.17. The molecule has 4 saturated carbocycles. The molecular formula is C37H60O2S2. The van der Waals surface area contributed by atoms with E-state index in [2.05, 4.69) is 78.9 Å². The zero-order chi connectivity index (χ0) is 29.6. The van der Waals surface area contributed by atoms with Crippen LogP contribution in [0.1, 0.15) is 133 Å².